The zero-order valence-electron chi connectivity index (χ0n) is 22.7. The molecule has 5 rings (SSSR count). The van der Waals surface area contributed by atoms with Crippen LogP contribution in [0.15, 0.2) is 70.1 Å². The van der Waals surface area contributed by atoms with Crippen molar-refractivity contribution in [1.29, 1.82) is 0 Å². The molecule has 0 saturated heterocycles. The van der Waals surface area contributed by atoms with Gasteiger partial charge in [0.05, 0.1) is 35.4 Å². The number of benzene rings is 2. The summed E-state index contributed by atoms with van der Waals surface area (Å²) in [6.45, 7) is 6.50. The first-order valence-electron chi connectivity index (χ1n) is 13.9. The van der Waals surface area contributed by atoms with Gasteiger partial charge in [-0.2, -0.15) is 0 Å². The highest BCUT2D eigenvalue weighted by Gasteiger charge is 2.30. The molecule has 0 radical (unpaired) electrons. The molecular weight excluding hydrogens is 474 g/mol. The van der Waals surface area contributed by atoms with Gasteiger partial charge in [0.2, 0.25) is 5.91 Å². The summed E-state index contributed by atoms with van der Waals surface area (Å²) in [5, 5.41) is 0.564. The van der Waals surface area contributed by atoms with E-state index in [1.807, 2.05) is 66.4 Å². The fraction of sp³-hybridized carbons (Fsp3) is 0.406. The van der Waals surface area contributed by atoms with Gasteiger partial charge in [-0.15, -0.1) is 0 Å². The van der Waals surface area contributed by atoms with Crippen LogP contribution in [-0.4, -0.2) is 20.4 Å². The molecule has 2 aromatic carbocycles. The lowest BCUT2D eigenvalue weighted by Gasteiger charge is -2.32. The number of carbonyl (C=O) groups excluding carboxylic acids is 1. The maximum absolute atomic E-state index is 14.0. The number of furan rings is 1. The van der Waals surface area contributed by atoms with Crippen molar-refractivity contribution in [2.45, 2.75) is 78.3 Å². The number of para-hydroxylation sites is 1. The molecule has 2 heterocycles. The number of carbonyl (C=O) groups is 1. The van der Waals surface area contributed by atoms with Gasteiger partial charge in [-0.05, 0) is 80.1 Å². The van der Waals surface area contributed by atoms with Gasteiger partial charge in [0.25, 0.3) is 5.56 Å². The summed E-state index contributed by atoms with van der Waals surface area (Å²) in [6.07, 6.45) is 8.58. The van der Waals surface area contributed by atoms with E-state index in [1.54, 1.807) is 10.8 Å². The van der Waals surface area contributed by atoms with Crippen LogP contribution >= 0.6 is 0 Å². The average molecular weight is 512 g/mol. The molecule has 198 valence electrons. The van der Waals surface area contributed by atoms with Crippen molar-refractivity contribution >= 4 is 16.8 Å². The van der Waals surface area contributed by atoms with E-state index in [0.29, 0.717) is 42.0 Å². The van der Waals surface area contributed by atoms with Crippen LogP contribution in [0.1, 0.15) is 80.6 Å². The lowest BCUT2D eigenvalue weighted by atomic mass is 10.0. The molecule has 0 N–H and O–H groups in total. The third kappa shape index (κ3) is 5.31. The molecule has 1 unspecified atom stereocenters. The van der Waals surface area contributed by atoms with Crippen molar-refractivity contribution < 1.29 is 9.21 Å². The van der Waals surface area contributed by atoms with Crippen molar-refractivity contribution in [3.8, 4) is 5.69 Å². The van der Waals surface area contributed by atoms with Gasteiger partial charge in [0, 0.05) is 6.42 Å². The van der Waals surface area contributed by atoms with Gasteiger partial charge in [-0.25, -0.2) is 4.98 Å². The van der Waals surface area contributed by atoms with Crippen LogP contribution in [-0.2, 0) is 11.3 Å². The fourth-order valence-electron chi connectivity index (χ4n) is 5.74. The zero-order chi connectivity index (χ0) is 26.6. The maximum Gasteiger partial charge on any atom is 0.266 e. The predicted molar refractivity (Wildman–Crippen MR) is 150 cm³/mol. The second-order valence-electron chi connectivity index (χ2n) is 10.6. The Hall–Kier alpha value is -3.67. The first-order valence-corrected chi connectivity index (χ1v) is 13.9. The normalized spacial score (nSPS) is 14.7. The Bertz CT molecular complexity index is 1470. The van der Waals surface area contributed by atoms with Crippen LogP contribution < -0.4 is 5.56 Å². The first-order chi connectivity index (χ1) is 18.5. The standard InChI is InChI=1S/C32H37N3O3/c1-4-29(34(21-26-12-9-19-38-26)30(36)18-16-24-10-5-6-11-24)31-33-28-14-8-7-13-27(28)32(37)35(31)25-17-15-22(2)23(3)20-25/h7-9,12-15,17,19-20,24,29H,4-6,10-11,16,18,21H2,1-3H3. The number of hydrogen-bond donors (Lipinski definition) is 0. The number of aryl methyl sites for hydroxylation is 2. The van der Waals surface area contributed by atoms with E-state index >= 15 is 0 Å². The van der Waals surface area contributed by atoms with Crippen LogP contribution in [0.4, 0.5) is 0 Å². The summed E-state index contributed by atoms with van der Waals surface area (Å²) in [5.74, 6) is 2.00. The molecule has 0 bridgehead atoms. The van der Waals surface area contributed by atoms with E-state index in [2.05, 4.69) is 13.8 Å². The maximum atomic E-state index is 14.0. The van der Waals surface area contributed by atoms with Gasteiger partial charge in [-0.1, -0.05) is 50.8 Å². The van der Waals surface area contributed by atoms with Crippen molar-refractivity contribution in [3.63, 3.8) is 0 Å². The molecule has 1 saturated carbocycles. The number of hydrogen-bond acceptors (Lipinski definition) is 4. The van der Waals surface area contributed by atoms with Crippen LogP contribution in [0.3, 0.4) is 0 Å². The molecule has 4 aromatic rings. The molecule has 2 aromatic heterocycles. The molecule has 6 heteroatoms. The molecule has 1 aliphatic carbocycles. The Kier molecular flexibility index (Phi) is 7.77. The highest BCUT2D eigenvalue weighted by atomic mass is 16.3. The van der Waals surface area contributed by atoms with Crippen molar-refractivity contribution in [2.75, 3.05) is 0 Å². The topological polar surface area (TPSA) is 68.3 Å². The number of nitrogens with zero attached hydrogens (tertiary/aromatic N) is 3. The second kappa shape index (κ2) is 11.4. The fourth-order valence-corrected chi connectivity index (χ4v) is 5.74. The zero-order valence-corrected chi connectivity index (χ0v) is 22.7. The van der Waals surface area contributed by atoms with Crippen molar-refractivity contribution in [1.82, 2.24) is 14.5 Å². The number of fused-ring (bicyclic) bond motifs is 1. The summed E-state index contributed by atoms with van der Waals surface area (Å²) < 4.78 is 7.39. The Morgan fingerprint density at radius 2 is 1.87 bits per heavy atom. The molecule has 1 amide bonds. The molecule has 1 fully saturated rings. The van der Waals surface area contributed by atoms with Gasteiger partial charge in [0.1, 0.15) is 11.6 Å². The number of amides is 1. The number of rotatable bonds is 9. The Balaban J connectivity index is 1.63. The first kappa shape index (κ1) is 26.0. The molecule has 0 spiro atoms. The molecule has 1 atom stereocenters. The molecule has 1 aliphatic rings. The minimum atomic E-state index is -0.393. The lowest BCUT2D eigenvalue weighted by Crippen LogP contribution is -2.38. The largest absolute Gasteiger partial charge is 0.467 e. The summed E-state index contributed by atoms with van der Waals surface area (Å²) in [6, 6.07) is 16.8. The Morgan fingerprint density at radius 3 is 2.58 bits per heavy atom. The summed E-state index contributed by atoms with van der Waals surface area (Å²) in [5.41, 5.74) is 3.54. The van der Waals surface area contributed by atoms with Gasteiger partial charge < -0.3 is 9.32 Å². The minimum absolute atomic E-state index is 0.0780. The average Bonchev–Trinajstić information content (AvgIpc) is 3.64. The molecule has 38 heavy (non-hydrogen) atoms. The van der Waals surface area contributed by atoms with Gasteiger partial charge in [-0.3, -0.25) is 14.2 Å². The summed E-state index contributed by atoms with van der Waals surface area (Å²) in [7, 11) is 0. The minimum Gasteiger partial charge on any atom is -0.467 e. The summed E-state index contributed by atoms with van der Waals surface area (Å²) in [4.78, 5) is 34.8. The van der Waals surface area contributed by atoms with E-state index in [0.717, 1.165) is 29.0 Å². The summed E-state index contributed by atoms with van der Waals surface area (Å²) >= 11 is 0. The van der Waals surface area contributed by atoms with E-state index < -0.39 is 6.04 Å². The van der Waals surface area contributed by atoms with Crippen LogP contribution in [0.5, 0.6) is 0 Å². The van der Waals surface area contributed by atoms with Crippen LogP contribution in [0.25, 0.3) is 16.6 Å². The smallest absolute Gasteiger partial charge is 0.266 e. The molecule has 0 aliphatic heterocycles. The van der Waals surface area contributed by atoms with Crippen LogP contribution in [0, 0.1) is 19.8 Å². The lowest BCUT2D eigenvalue weighted by molar-refractivity contribution is -0.135. The highest BCUT2D eigenvalue weighted by Crippen LogP contribution is 2.32. The van der Waals surface area contributed by atoms with E-state index in [1.165, 1.54) is 25.7 Å². The van der Waals surface area contributed by atoms with Crippen molar-refractivity contribution in [3.05, 3.63) is 93.9 Å². The molecular formula is C32H37N3O3. The third-order valence-electron chi connectivity index (χ3n) is 8.08. The third-order valence-corrected chi connectivity index (χ3v) is 8.08. The van der Waals surface area contributed by atoms with Gasteiger partial charge in [0.15, 0.2) is 0 Å². The Labute approximate surface area is 224 Å². The SMILES string of the molecule is CCC(c1nc2ccccc2c(=O)n1-c1ccc(C)c(C)c1)N(Cc1ccco1)C(=O)CCC1CCCC1. The number of aromatic nitrogens is 2. The Morgan fingerprint density at radius 1 is 1.08 bits per heavy atom. The molecule has 6 nitrogen and oxygen atoms in total. The second-order valence-corrected chi connectivity index (χ2v) is 10.6. The highest BCUT2D eigenvalue weighted by molar-refractivity contribution is 5.79. The van der Waals surface area contributed by atoms with E-state index in [-0.39, 0.29) is 11.5 Å². The van der Waals surface area contributed by atoms with Gasteiger partial charge >= 0.3 is 0 Å². The quantitative estimate of drug-likeness (QED) is 0.242. The predicted octanol–water partition coefficient (Wildman–Crippen LogP) is 7.05. The van der Waals surface area contributed by atoms with E-state index in [9.17, 15) is 9.59 Å². The monoisotopic (exact) mass is 511 g/mol. The van der Waals surface area contributed by atoms with Crippen molar-refractivity contribution in [2.24, 2.45) is 5.92 Å². The van der Waals surface area contributed by atoms with Crippen LogP contribution in [0.2, 0.25) is 0 Å². The van der Waals surface area contributed by atoms with E-state index in [4.69, 9.17) is 9.40 Å².